The third-order valence-electron chi connectivity index (χ3n) is 3.06. The summed E-state index contributed by atoms with van der Waals surface area (Å²) in [6.07, 6.45) is 4.81. The average Bonchev–Trinajstić information content (AvgIpc) is 2.29. The minimum absolute atomic E-state index is 0.133. The third-order valence-corrected chi connectivity index (χ3v) is 3.06. The first-order valence-electron chi connectivity index (χ1n) is 4.84. The first-order valence-corrected chi connectivity index (χ1v) is 4.84. The van der Waals surface area contributed by atoms with Crippen molar-refractivity contribution in [3.8, 4) is 0 Å². The number of ether oxygens (including phenoxy) is 1. The lowest BCUT2D eigenvalue weighted by Crippen LogP contribution is -2.45. The molecule has 0 aromatic heterocycles. The molecule has 2 fully saturated rings. The van der Waals surface area contributed by atoms with E-state index in [9.17, 15) is 4.79 Å². The molecular formula is C10H15NO2. The van der Waals surface area contributed by atoms with Crippen LogP contribution in [0.25, 0.3) is 0 Å². The van der Waals surface area contributed by atoms with Crippen LogP contribution < -0.4 is 0 Å². The SMILES string of the molecule is C=CC[C@@H]1CC[C@@H]2OC(=O)N1[C@H]2C. The second kappa shape index (κ2) is 3.05. The van der Waals surface area contributed by atoms with Crippen LogP contribution in [0.4, 0.5) is 4.79 Å². The molecule has 2 aliphatic rings. The maximum atomic E-state index is 11.4. The van der Waals surface area contributed by atoms with Crippen molar-refractivity contribution in [2.24, 2.45) is 0 Å². The molecule has 3 atom stereocenters. The molecule has 2 heterocycles. The molecule has 2 rings (SSSR count). The maximum absolute atomic E-state index is 11.4. The van der Waals surface area contributed by atoms with Gasteiger partial charge in [-0.15, -0.1) is 6.58 Å². The number of hydrogen-bond donors (Lipinski definition) is 0. The van der Waals surface area contributed by atoms with E-state index in [2.05, 4.69) is 13.5 Å². The maximum Gasteiger partial charge on any atom is 0.410 e. The summed E-state index contributed by atoms with van der Waals surface area (Å²) < 4.78 is 5.23. The average molecular weight is 181 g/mol. The fraction of sp³-hybridized carbons (Fsp3) is 0.700. The Morgan fingerprint density at radius 1 is 1.69 bits per heavy atom. The molecule has 0 N–H and O–H groups in total. The molecular weight excluding hydrogens is 166 g/mol. The van der Waals surface area contributed by atoms with Crippen LogP contribution in [0.5, 0.6) is 0 Å². The van der Waals surface area contributed by atoms with Gasteiger partial charge in [0, 0.05) is 6.04 Å². The van der Waals surface area contributed by atoms with Crippen LogP contribution >= 0.6 is 0 Å². The Balaban J connectivity index is 2.16. The zero-order valence-electron chi connectivity index (χ0n) is 7.90. The van der Waals surface area contributed by atoms with Crippen molar-refractivity contribution in [2.45, 2.75) is 44.4 Å². The molecule has 2 saturated heterocycles. The van der Waals surface area contributed by atoms with E-state index in [-0.39, 0.29) is 18.2 Å². The van der Waals surface area contributed by atoms with Crippen LogP contribution in [-0.4, -0.2) is 29.2 Å². The molecule has 0 radical (unpaired) electrons. The first kappa shape index (κ1) is 8.60. The van der Waals surface area contributed by atoms with E-state index in [0.29, 0.717) is 6.04 Å². The largest absolute Gasteiger partial charge is 0.444 e. The van der Waals surface area contributed by atoms with Crippen molar-refractivity contribution in [3.63, 3.8) is 0 Å². The minimum Gasteiger partial charge on any atom is -0.444 e. The summed E-state index contributed by atoms with van der Waals surface area (Å²) in [6.45, 7) is 5.77. The molecule has 0 spiro atoms. The summed E-state index contributed by atoms with van der Waals surface area (Å²) in [4.78, 5) is 13.3. The number of nitrogens with zero attached hydrogens (tertiary/aromatic N) is 1. The first-order chi connectivity index (χ1) is 6.24. The Morgan fingerprint density at radius 3 is 3.15 bits per heavy atom. The van der Waals surface area contributed by atoms with Gasteiger partial charge in [-0.3, -0.25) is 4.90 Å². The standard InChI is InChI=1S/C10H15NO2/c1-3-4-8-5-6-9-7(2)11(8)10(12)13-9/h3,7-9H,1,4-6H2,2H3/t7-,8+,9-/m0/s1. The quantitative estimate of drug-likeness (QED) is 0.609. The van der Waals surface area contributed by atoms with Crippen molar-refractivity contribution < 1.29 is 9.53 Å². The summed E-state index contributed by atoms with van der Waals surface area (Å²) in [5.41, 5.74) is 0. The van der Waals surface area contributed by atoms with E-state index >= 15 is 0 Å². The van der Waals surface area contributed by atoms with Crippen molar-refractivity contribution in [1.29, 1.82) is 0 Å². The van der Waals surface area contributed by atoms with Crippen LogP contribution in [0.3, 0.4) is 0 Å². The molecule has 72 valence electrons. The number of hydrogen-bond acceptors (Lipinski definition) is 2. The highest BCUT2D eigenvalue weighted by Gasteiger charge is 2.45. The molecule has 0 unspecified atom stereocenters. The number of carbonyl (C=O) groups is 1. The van der Waals surface area contributed by atoms with Gasteiger partial charge in [0.05, 0.1) is 6.04 Å². The van der Waals surface area contributed by atoms with Crippen LogP contribution in [0.2, 0.25) is 0 Å². The molecule has 2 bridgehead atoms. The van der Waals surface area contributed by atoms with E-state index in [1.54, 1.807) is 0 Å². The van der Waals surface area contributed by atoms with E-state index in [1.807, 2.05) is 11.0 Å². The van der Waals surface area contributed by atoms with Gasteiger partial charge in [0.25, 0.3) is 0 Å². The Hall–Kier alpha value is -0.990. The zero-order chi connectivity index (χ0) is 9.42. The Kier molecular flexibility index (Phi) is 2.02. The van der Waals surface area contributed by atoms with E-state index in [0.717, 1.165) is 19.3 Å². The molecule has 3 heteroatoms. The summed E-state index contributed by atoms with van der Waals surface area (Å²) in [5.74, 6) is 0. The highest BCUT2D eigenvalue weighted by Crippen LogP contribution is 2.33. The number of fused-ring (bicyclic) bond motifs is 2. The second-order valence-electron chi connectivity index (χ2n) is 3.83. The van der Waals surface area contributed by atoms with Crippen LogP contribution in [0.15, 0.2) is 12.7 Å². The van der Waals surface area contributed by atoms with Crippen LogP contribution in [0, 0.1) is 0 Å². The predicted molar refractivity (Wildman–Crippen MR) is 49.4 cm³/mol. The number of rotatable bonds is 2. The predicted octanol–water partition coefficient (Wildman–Crippen LogP) is 1.93. The summed E-state index contributed by atoms with van der Waals surface area (Å²) in [5, 5.41) is 0. The van der Waals surface area contributed by atoms with Crippen molar-refractivity contribution in [3.05, 3.63) is 12.7 Å². The lowest BCUT2D eigenvalue weighted by atomic mass is 9.94. The van der Waals surface area contributed by atoms with Gasteiger partial charge >= 0.3 is 6.09 Å². The number of carbonyl (C=O) groups excluding carboxylic acids is 1. The van der Waals surface area contributed by atoms with Gasteiger partial charge in [0.2, 0.25) is 0 Å². The van der Waals surface area contributed by atoms with E-state index < -0.39 is 0 Å². The molecule has 1 amide bonds. The van der Waals surface area contributed by atoms with Crippen molar-refractivity contribution >= 4 is 6.09 Å². The lowest BCUT2D eigenvalue weighted by Gasteiger charge is -2.33. The summed E-state index contributed by atoms with van der Waals surface area (Å²) >= 11 is 0. The Labute approximate surface area is 78.4 Å². The molecule has 0 aliphatic carbocycles. The smallest absolute Gasteiger partial charge is 0.410 e. The monoisotopic (exact) mass is 181 g/mol. The Bertz CT molecular complexity index is 239. The summed E-state index contributed by atoms with van der Waals surface area (Å²) in [7, 11) is 0. The molecule has 2 aliphatic heterocycles. The highest BCUT2D eigenvalue weighted by molar-refractivity contribution is 5.71. The van der Waals surface area contributed by atoms with Crippen molar-refractivity contribution in [1.82, 2.24) is 4.90 Å². The van der Waals surface area contributed by atoms with Gasteiger partial charge in [-0.25, -0.2) is 4.79 Å². The fourth-order valence-corrected chi connectivity index (χ4v) is 2.34. The second-order valence-corrected chi connectivity index (χ2v) is 3.83. The van der Waals surface area contributed by atoms with Crippen molar-refractivity contribution in [2.75, 3.05) is 0 Å². The van der Waals surface area contributed by atoms with Crippen LogP contribution in [-0.2, 0) is 4.74 Å². The van der Waals surface area contributed by atoms with Crippen LogP contribution in [0.1, 0.15) is 26.2 Å². The zero-order valence-corrected chi connectivity index (χ0v) is 7.90. The lowest BCUT2D eigenvalue weighted by molar-refractivity contribution is 0.123. The molecule has 3 nitrogen and oxygen atoms in total. The molecule has 0 saturated carbocycles. The van der Waals surface area contributed by atoms with Gasteiger partial charge in [-0.1, -0.05) is 6.08 Å². The third kappa shape index (κ3) is 1.23. The highest BCUT2D eigenvalue weighted by atomic mass is 16.6. The fourth-order valence-electron chi connectivity index (χ4n) is 2.34. The molecule has 0 aromatic rings. The van der Waals surface area contributed by atoms with Gasteiger partial charge < -0.3 is 4.74 Å². The molecule has 0 aromatic carbocycles. The van der Waals surface area contributed by atoms with Gasteiger partial charge in [0.15, 0.2) is 0 Å². The van der Waals surface area contributed by atoms with E-state index in [4.69, 9.17) is 4.74 Å². The van der Waals surface area contributed by atoms with E-state index in [1.165, 1.54) is 0 Å². The minimum atomic E-state index is -0.137. The number of piperidine rings is 1. The normalized spacial score (nSPS) is 37.5. The van der Waals surface area contributed by atoms with Gasteiger partial charge in [0.1, 0.15) is 6.10 Å². The number of amides is 1. The van der Waals surface area contributed by atoms with Gasteiger partial charge in [-0.05, 0) is 26.2 Å². The van der Waals surface area contributed by atoms with Gasteiger partial charge in [-0.2, -0.15) is 0 Å². The molecule has 13 heavy (non-hydrogen) atoms. The Morgan fingerprint density at radius 2 is 2.46 bits per heavy atom. The topological polar surface area (TPSA) is 29.5 Å². The summed E-state index contributed by atoms with van der Waals surface area (Å²) in [6, 6.07) is 0.574.